The Balaban J connectivity index is 1.95. The summed E-state index contributed by atoms with van der Waals surface area (Å²) in [7, 11) is 0. The second-order valence-electron chi connectivity index (χ2n) is 5.89. The molecule has 0 aromatic heterocycles. The molecule has 3 heteroatoms. The number of hydrogen-bond acceptors (Lipinski definition) is 3. The number of nitrogens with one attached hydrogen (secondary N) is 1. The van der Waals surface area contributed by atoms with Crippen LogP contribution in [-0.2, 0) is 0 Å². The van der Waals surface area contributed by atoms with E-state index in [0.29, 0.717) is 13.0 Å². The SMILES string of the molecule is CCCC(=O)c1cccc(NCC2(O)CCCCC2)c1. The Morgan fingerprint density at radius 1 is 1.30 bits per heavy atom. The molecule has 0 unspecified atom stereocenters. The fraction of sp³-hybridized carbons (Fsp3) is 0.588. The minimum absolute atomic E-state index is 0.188. The van der Waals surface area contributed by atoms with Gasteiger partial charge in [-0.25, -0.2) is 0 Å². The Kier molecular flexibility index (Phi) is 5.18. The average Bonchev–Trinajstić information content (AvgIpc) is 2.47. The quantitative estimate of drug-likeness (QED) is 0.777. The first kappa shape index (κ1) is 15.0. The van der Waals surface area contributed by atoms with Crippen LogP contribution in [0.25, 0.3) is 0 Å². The van der Waals surface area contributed by atoms with Crippen LogP contribution in [0.1, 0.15) is 62.2 Å². The van der Waals surface area contributed by atoms with E-state index in [1.807, 2.05) is 31.2 Å². The van der Waals surface area contributed by atoms with Crippen LogP contribution in [0.3, 0.4) is 0 Å². The van der Waals surface area contributed by atoms with E-state index in [4.69, 9.17) is 0 Å². The van der Waals surface area contributed by atoms with Gasteiger partial charge >= 0.3 is 0 Å². The number of benzene rings is 1. The molecule has 0 bridgehead atoms. The van der Waals surface area contributed by atoms with Gasteiger partial charge in [-0.2, -0.15) is 0 Å². The molecule has 3 nitrogen and oxygen atoms in total. The van der Waals surface area contributed by atoms with E-state index < -0.39 is 5.60 Å². The summed E-state index contributed by atoms with van der Waals surface area (Å²) in [6.45, 7) is 2.58. The molecule has 0 aliphatic heterocycles. The zero-order valence-electron chi connectivity index (χ0n) is 12.3. The van der Waals surface area contributed by atoms with E-state index in [-0.39, 0.29) is 5.78 Å². The van der Waals surface area contributed by atoms with Gasteiger partial charge in [0, 0.05) is 24.2 Å². The lowest BCUT2D eigenvalue weighted by molar-refractivity contribution is 0.0167. The predicted molar refractivity (Wildman–Crippen MR) is 82.2 cm³/mol. The smallest absolute Gasteiger partial charge is 0.162 e. The molecule has 1 saturated carbocycles. The van der Waals surface area contributed by atoms with Crippen LogP contribution in [0.15, 0.2) is 24.3 Å². The lowest BCUT2D eigenvalue weighted by atomic mass is 9.85. The predicted octanol–water partition coefficient (Wildman–Crippen LogP) is 3.78. The molecular weight excluding hydrogens is 250 g/mol. The average molecular weight is 275 g/mol. The molecule has 0 spiro atoms. The summed E-state index contributed by atoms with van der Waals surface area (Å²) in [4.78, 5) is 11.9. The highest BCUT2D eigenvalue weighted by molar-refractivity contribution is 5.96. The molecule has 1 aromatic carbocycles. The van der Waals surface area contributed by atoms with Crippen molar-refractivity contribution in [1.82, 2.24) is 0 Å². The molecular formula is C17H25NO2. The van der Waals surface area contributed by atoms with Gasteiger partial charge in [-0.05, 0) is 31.4 Å². The molecule has 2 rings (SSSR count). The Hall–Kier alpha value is -1.35. The van der Waals surface area contributed by atoms with Gasteiger partial charge in [0.05, 0.1) is 5.60 Å². The van der Waals surface area contributed by atoms with Crippen molar-refractivity contribution in [3.63, 3.8) is 0 Å². The first-order valence-corrected chi connectivity index (χ1v) is 7.72. The minimum atomic E-state index is -0.582. The fourth-order valence-corrected chi connectivity index (χ4v) is 2.83. The van der Waals surface area contributed by atoms with Crippen molar-refractivity contribution in [2.45, 2.75) is 57.5 Å². The van der Waals surface area contributed by atoms with Crippen molar-refractivity contribution in [1.29, 1.82) is 0 Å². The minimum Gasteiger partial charge on any atom is -0.388 e. The summed E-state index contributed by atoms with van der Waals surface area (Å²) in [6, 6.07) is 7.60. The number of anilines is 1. The lowest BCUT2D eigenvalue weighted by Gasteiger charge is -2.32. The summed E-state index contributed by atoms with van der Waals surface area (Å²) in [5.74, 6) is 0.188. The number of aliphatic hydroxyl groups is 1. The maximum absolute atomic E-state index is 11.9. The van der Waals surface area contributed by atoms with Crippen LogP contribution in [0, 0.1) is 0 Å². The van der Waals surface area contributed by atoms with Gasteiger partial charge in [-0.15, -0.1) is 0 Å². The highest BCUT2D eigenvalue weighted by Gasteiger charge is 2.28. The standard InChI is InChI=1S/C17H25NO2/c1-2-7-16(19)14-8-6-9-15(12-14)18-13-17(20)10-4-3-5-11-17/h6,8-9,12,18,20H,2-5,7,10-11,13H2,1H3. The molecule has 1 aliphatic rings. The third kappa shape index (κ3) is 4.07. The summed E-state index contributed by atoms with van der Waals surface area (Å²) in [5.41, 5.74) is 1.10. The van der Waals surface area contributed by atoms with E-state index in [1.54, 1.807) is 0 Å². The van der Waals surface area contributed by atoms with E-state index in [0.717, 1.165) is 43.4 Å². The van der Waals surface area contributed by atoms with Crippen LogP contribution in [0.2, 0.25) is 0 Å². The molecule has 1 aromatic rings. The third-order valence-corrected chi connectivity index (χ3v) is 4.07. The fourth-order valence-electron chi connectivity index (χ4n) is 2.83. The van der Waals surface area contributed by atoms with Gasteiger partial charge in [0.1, 0.15) is 0 Å². The van der Waals surface area contributed by atoms with Crippen molar-refractivity contribution < 1.29 is 9.90 Å². The third-order valence-electron chi connectivity index (χ3n) is 4.07. The first-order valence-electron chi connectivity index (χ1n) is 7.72. The van der Waals surface area contributed by atoms with Crippen molar-refractivity contribution >= 4 is 11.5 Å². The van der Waals surface area contributed by atoms with Crippen LogP contribution in [-0.4, -0.2) is 23.0 Å². The van der Waals surface area contributed by atoms with Crippen LogP contribution in [0.4, 0.5) is 5.69 Å². The largest absolute Gasteiger partial charge is 0.388 e. The molecule has 0 saturated heterocycles. The maximum atomic E-state index is 11.9. The number of Topliss-reactive ketones (excluding diaryl/α,β-unsaturated/α-hetero) is 1. The first-order chi connectivity index (χ1) is 9.63. The van der Waals surface area contributed by atoms with Gasteiger partial charge in [0.2, 0.25) is 0 Å². The molecule has 1 aliphatic carbocycles. The molecule has 0 radical (unpaired) electrons. The van der Waals surface area contributed by atoms with Gasteiger partial charge < -0.3 is 10.4 Å². The van der Waals surface area contributed by atoms with Crippen molar-refractivity contribution in [3.8, 4) is 0 Å². The van der Waals surface area contributed by atoms with Gasteiger partial charge in [-0.3, -0.25) is 4.79 Å². The van der Waals surface area contributed by atoms with E-state index >= 15 is 0 Å². The molecule has 2 N–H and O–H groups in total. The number of carbonyl (C=O) groups is 1. The Morgan fingerprint density at radius 3 is 2.75 bits per heavy atom. The number of hydrogen-bond donors (Lipinski definition) is 2. The lowest BCUT2D eigenvalue weighted by Crippen LogP contribution is -2.38. The van der Waals surface area contributed by atoms with E-state index in [2.05, 4.69) is 5.32 Å². The summed E-state index contributed by atoms with van der Waals surface area (Å²) in [5, 5.41) is 13.8. The Morgan fingerprint density at radius 2 is 2.05 bits per heavy atom. The molecule has 1 fully saturated rings. The maximum Gasteiger partial charge on any atom is 0.162 e. The Bertz CT molecular complexity index is 450. The van der Waals surface area contributed by atoms with Crippen LogP contribution in [0.5, 0.6) is 0 Å². The van der Waals surface area contributed by atoms with Gasteiger partial charge in [0.15, 0.2) is 5.78 Å². The van der Waals surface area contributed by atoms with Gasteiger partial charge in [-0.1, -0.05) is 38.3 Å². The molecule has 110 valence electrons. The summed E-state index contributed by atoms with van der Waals surface area (Å²) >= 11 is 0. The topological polar surface area (TPSA) is 49.3 Å². The highest BCUT2D eigenvalue weighted by Crippen LogP contribution is 2.28. The summed E-state index contributed by atoms with van der Waals surface area (Å²) < 4.78 is 0. The molecule has 0 heterocycles. The number of rotatable bonds is 6. The summed E-state index contributed by atoms with van der Waals surface area (Å²) in [6.07, 6.45) is 6.64. The van der Waals surface area contributed by atoms with Crippen LogP contribution < -0.4 is 5.32 Å². The zero-order valence-corrected chi connectivity index (χ0v) is 12.3. The zero-order chi connectivity index (χ0) is 14.4. The molecule has 0 atom stereocenters. The number of ketones is 1. The van der Waals surface area contributed by atoms with Crippen molar-refractivity contribution in [2.24, 2.45) is 0 Å². The van der Waals surface area contributed by atoms with Crippen LogP contribution >= 0.6 is 0 Å². The molecule has 20 heavy (non-hydrogen) atoms. The van der Waals surface area contributed by atoms with Gasteiger partial charge in [0.25, 0.3) is 0 Å². The van der Waals surface area contributed by atoms with E-state index in [9.17, 15) is 9.90 Å². The second-order valence-corrected chi connectivity index (χ2v) is 5.89. The Labute approximate surface area is 121 Å². The normalized spacial score (nSPS) is 17.7. The molecule has 0 amide bonds. The second kappa shape index (κ2) is 6.89. The number of carbonyl (C=O) groups excluding carboxylic acids is 1. The van der Waals surface area contributed by atoms with E-state index in [1.165, 1.54) is 6.42 Å². The highest BCUT2D eigenvalue weighted by atomic mass is 16.3. The van der Waals surface area contributed by atoms with Crippen molar-refractivity contribution in [2.75, 3.05) is 11.9 Å². The monoisotopic (exact) mass is 275 g/mol. The van der Waals surface area contributed by atoms with Crippen molar-refractivity contribution in [3.05, 3.63) is 29.8 Å².